The molecule has 3 rings (SSSR count). The number of phenols is 1. The molecule has 1 saturated heterocycles. The van der Waals surface area contributed by atoms with Crippen LogP contribution in [0.3, 0.4) is 0 Å². The molecule has 0 aromatic heterocycles. The fourth-order valence-electron chi connectivity index (χ4n) is 3.40. The number of rotatable bonds is 4. The maximum Gasteiger partial charge on any atom is 0.437 e. The Morgan fingerprint density at radius 1 is 1.17 bits per heavy atom. The molecule has 1 aliphatic heterocycles. The molecule has 4 N–H and O–H groups in total. The van der Waals surface area contributed by atoms with Gasteiger partial charge in [0, 0.05) is 5.56 Å². The van der Waals surface area contributed by atoms with Crippen molar-refractivity contribution in [2.75, 3.05) is 7.11 Å². The van der Waals surface area contributed by atoms with Crippen molar-refractivity contribution in [1.82, 2.24) is 10.6 Å². The molecule has 160 valence electrons. The first-order valence-corrected chi connectivity index (χ1v) is 8.83. The van der Waals surface area contributed by atoms with Crippen LogP contribution < -0.4 is 15.4 Å². The van der Waals surface area contributed by atoms with Crippen LogP contribution in [0.5, 0.6) is 11.5 Å². The van der Waals surface area contributed by atoms with Gasteiger partial charge in [0.05, 0.1) is 13.2 Å². The quantitative estimate of drug-likeness (QED) is 0.565. The number of urea groups is 1. The van der Waals surface area contributed by atoms with E-state index >= 15 is 0 Å². The number of Topliss-reactive ketones (excluding diaryl/α,β-unsaturated/α-hetero) is 1. The van der Waals surface area contributed by atoms with Gasteiger partial charge in [-0.25, -0.2) is 4.79 Å². The summed E-state index contributed by atoms with van der Waals surface area (Å²) in [4.78, 5) is 25.2. The van der Waals surface area contributed by atoms with E-state index in [1.54, 1.807) is 19.1 Å². The molecule has 1 aliphatic rings. The Morgan fingerprint density at radius 3 is 2.37 bits per heavy atom. The van der Waals surface area contributed by atoms with Crippen LogP contribution in [-0.2, 0) is 0 Å². The zero-order chi connectivity index (χ0) is 22.3. The lowest BCUT2D eigenvalue weighted by Gasteiger charge is -2.45. The van der Waals surface area contributed by atoms with Gasteiger partial charge in [-0.15, -0.1) is 0 Å². The molecular formula is C20H19F3N2O5. The Kier molecular flexibility index (Phi) is 5.38. The van der Waals surface area contributed by atoms with E-state index in [1.807, 2.05) is 0 Å². The Hall–Kier alpha value is -3.27. The Balaban J connectivity index is 2.18. The molecule has 1 fully saturated rings. The molecule has 0 spiro atoms. The number of ether oxygens (including phenoxy) is 1. The number of alkyl halides is 3. The Bertz CT molecular complexity index is 977. The van der Waals surface area contributed by atoms with Crippen molar-refractivity contribution in [1.29, 1.82) is 0 Å². The summed E-state index contributed by atoms with van der Waals surface area (Å²) in [5, 5.41) is 24.1. The van der Waals surface area contributed by atoms with E-state index in [9.17, 15) is 33.0 Å². The number of aromatic hydroxyl groups is 1. The largest absolute Gasteiger partial charge is 0.504 e. The lowest BCUT2D eigenvalue weighted by atomic mass is 9.77. The molecule has 0 radical (unpaired) electrons. The average molecular weight is 424 g/mol. The zero-order valence-electron chi connectivity index (χ0n) is 15.9. The first-order valence-electron chi connectivity index (χ1n) is 8.83. The molecule has 2 aromatic carbocycles. The van der Waals surface area contributed by atoms with Gasteiger partial charge in [-0.2, -0.15) is 13.2 Å². The van der Waals surface area contributed by atoms with E-state index in [4.69, 9.17) is 4.74 Å². The number of nitrogens with one attached hydrogen (secondary N) is 2. The monoisotopic (exact) mass is 424 g/mol. The van der Waals surface area contributed by atoms with Crippen LogP contribution in [0.4, 0.5) is 18.0 Å². The molecule has 0 unspecified atom stereocenters. The predicted molar refractivity (Wildman–Crippen MR) is 99.1 cm³/mol. The number of phenolic OH excluding ortho intramolecular Hbond substituents is 1. The summed E-state index contributed by atoms with van der Waals surface area (Å²) < 4.78 is 46.6. The number of carbonyl (C=O) groups excluding carboxylic acids is 2. The minimum Gasteiger partial charge on any atom is -0.504 e. The molecule has 10 heteroatoms. The van der Waals surface area contributed by atoms with Crippen molar-refractivity contribution < 1.29 is 37.7 Å². The van der Waals surface area contributed by atoms with Crippen molar-refractivity contribution in [2.24, 2.45) is 5.92 Å². The third kappa shape index (κ3) is 3.65. The number of carbonyl (C=O) groups is 2. The molecule has 2 amide bonds. The van der Waals surface area contributed by atoms with Crippen LogP contribution >= 0.6 is 0 Å². The van der Waals surface area contributed by atoms with Crippen LogP contribution in [0.1, 0.15) is 27.5 Å². The fraction of sp³-hybridized carbons (Fsp3) is 0.300. The Labute approximate surface area is 169 Å². The summed E-state index contributed by atoms with van der Waals surface area (Å²) >= 11 is 0. The zero-order valence-corrected chi connectivity index (χ0v) is 15.9. The highest BCUT2D eigenvalue weighted by molar-refractivity contribution is 6.00. The third-order valence-electron chi connectivity index (χ3n) is 4.99. The van der Waals surface area contributed by atoms with Crippen LogP contribution in [-0.4, -0.2) is 41.0 Å². The number of benzene rings is 2. The summed E-state index contributed by atoms with van der Waals surface area (Å²) in [7, 11) is 1.24. The van der Waals surface area contributed by atoms with Crippen molar-refractivity contribution in [3.8, 4) is 11.5 Å². The minimum absolute atomic E-state index is 0.0348. The molecule has 0 bridgehead atoms. The van der Waals surface area contributed by atoms with E-state index in [0.717, 1.165) is 11.6 Å². The van der Waals surface area contributed by atoms with Crippen LogP contribution in [0.15, 0.2) is 42.5 Å². The van der Waals surface area contributed by atoms with Crippen molar-refractivity contribution in [3.63, 3.8) is 0 Å². The number of methoxy groups -OCH3 is 1. The lowest BCUT2D eigenvalue weighted by molar-refractivity contribution is -0.287. The number of hydrogen-bond donors (Lipinski definition) is 4. The highest BCUT2D eigenvalue weighted by atomic mass is 19.4. The topological polar surface area (TPSA) is 108 Å². The van der Waals surface area contributed by atoms with Gasteiger partial charge in [-0.1, -0.05) is 35.9 Å². The molecule has 0 aliphatic carbocycles. The highest BCUT2D eigenvalue weighted by Gasteiger charge is 2.66. The molecule has 2 aromatic rings. The van der Waals surface area contributed by atoms with Gasteiger partial charge in [0.25, 0.3) is 0 Å². The number of hydrogen-bond acceptors (Lipinski definition) is 5. The average Bonchev–Trinajstić information content (AvgIpc) is 2.67. The van der Waals surface area contributed by atoms with Gasteiger partial charge in [-0.3, -0.25) is 4.79 Å². The minimum atomic E-state index is -5.35. The molecule has 7 nitrogen and oxygen atoms in total. The van der Waals surface area contributed by atoms with Crippen molar-refractivity contribution in [2.45, 2.75) is 24.9 Å². The summed E-state index contributed by atoms with van der Waals surface area (Å²) in [6.07, 6.45) is -5.35. The van der Waals surface area contributed by atoms with Crippen LogP contribution in [0, 0.1) is 12.8 Å². The normalized spacial score (nSPS) is 24.0. The van der Waals surface area contributed by atoms with Gasteiger partial charge in [0.15, 0.2) is 17.3 Å². The van der Waals surface area contributed by atoms with Crippen molar-refractivity contribution in [3.05, 3.63) is 59.2 Å². The first kappa shape index (κ1) is 21.4. The second-order valence-corrected chi connectivity index (χ2v) is 6.98. The van der Waals surface area contributed by atoms with Gasteiger partial charge in [-0.05, 0) is 24.6 Å². The standard InChI is InChI=1S/C20H19F3N2O5/c1-10-3-5-11(6-4-10)17(27)15-16(12-7-8-13(26)14(9-12)30-2)24-18(28)25-19(15,29)20(21,22)23/h3-9,15-16,26,29H,1-2H3,(H2,24,25,28)/t15-,16+,19-/m1/s1. The van der Waals surface area contributed by atoms with E-state index in [1.165, 1.54) is 36.7 Å². The van der Waals surface area contributed by atoms with E-state index in [0.29, 0.717) is 0 Å². The second-order valence-electron chi connectivity index (χ2n) is 6.98. The molecular weight excluding hydrogens is 405 g/mol. The maximum atomic E-state index is 13.9. The molecule has 0 saturated carbocycles. The van der Waals surface area contributed by atoms with E-state index in [2.05, 4.69) is 5.32 Å². The maximum absolute atomic E-state index is 13.9. The fourth-order valence-corrected chi connectivity index (χ4v) is 3.40. The van der Waals surface area contributed by atoms with Crippen LogP contribution in [0.25, 0.3) is 0 Å². The number of halogens is 3. The lowest BCUT2D eigenvalue weighted by Crippen LogP contribution is -2.72. The summed E-state index contributed by atoms with van der Waals surface area (Å²) in [5.41, 5.74) is -3.07. The van der Waals surface area contributed by atoms with Gasteiger partial charge in [0.2, 0.25) is 5.72 Å². The smallest absolute Gasteiger partial charge is 0.437 e. The van der Waals surface area contributed by atoms with Gasteiger partial charge < -0.3 is 25.6 Å². The van der Waals surface area contributed by atoms with Crippen molar-refractivity contribution >= 4 is 11.8 Å². The van der Waals surface area contributed by atoms with Gasteiger partial charge >= 0.3 is 12.2 Å². The van der Waals surface area contributed by atoms with E-state index < -0.39 is 35.7 Å². The molecule has 1 heterocycles. The summed E-state index contributed by atoms with van der Waals surface area (Å²) in [6, 6.07) is 6.51. The Morgan fingerprint density at radius 2 is 1.80 bits per heavy atom. The first-order chi connectivity index (χ1) is 14.0. The number of ketones is 1. The number of amides is 2. The highest BCUT2D eigenvalue weighted by Crippen LogP contribution is 2.45. The summed E-state index contributed by atoms with van der Waals surface area (Å²) in [6.45, 7) is 1.74. The predicted octanol–water partition coefficient (Wildman–Crippen LogP) is 2.81. The van der Waals surface area contributed by atoms with E-state index in [-0.39, 0.29) is 22.6 Å². The van der Waals surface area contributed by atoms with Crippen LogP contribution in [0.2, 0.25) is 0 Å². The summed E-state index contributed by atoms with van der Waals surface area (Å²) in [5.74, 6) is -3.54. The molecule has 3 atom stereocenters. The number of aliphatic hydroxyl groups is 1. The number of aryl methyl sites for hydroxylation is 1. The second kappa shape index (κ2) is 7.52. The third-order valence-corrected chi connectivity index (χ3v) is 4.99. The van der Waals surface area contributed by atoms with Gasteiger partial charge in [0.1, 0.15) is 5.92 Å². The molecule has 30 heavy (non-hydrogen) atoms. The SMILES string of the molecule is COc1cc([C@@H]2NC(=O)N[C@](O)(C(F)(F)F)[C@H]2C(=O)c2ccc(C)cc2)ccc1O.